The lowest BCUT2D eigenvalue weighted by Crippen LogP contribution is -2.34. The van der Waals surface area contributed by atoms with E-state index < -0.39 is 17.8 Å². The Balaban J connectivity index is 1.40. The van der Waals surface area contributed by atoms with Gasteiger partial charge >= 0.3 is 5.97 Å². The highest BCUT2D eigenvalue weighted by atomic mass is 35.5. The molecular weight excluding hydrogens is 474 g/mol. The second kappa shape index (κ2) is 10.2. The quantitative estimate of drug-likeness (QED) is 0.244. The number of thiophene rings is 1. The molecule has 0 spiro atoms. The number of hydrazone groups is 1. The van der Waals surface area contributed by atoms with Gasteiger partial charge in [0.05, 0.1) is 22.6 Å². The van der Waals surface area contributed by atoms with E-state index in [2.05, 4.69) is 15.8 Å². The number of nitrogens with zero attached hydrogens (tertiary/aromatic N) is 1. The molecule has 0 radical (unpaired) electrons. The predicted molar refractivity (Wildman–Crippen MR) is 135 cm³/mol. The van der Waals surface area contributed by atoms with E-state index in [1.54, 1.807) is 37.3 Å². The summed E-state index contributed by atoms with van der Waals surface area (Å²) in [6.45, 7) is 1.76. The summed E-state index contributed by atoms with van der Waals surface area (Å²) in [5.41, 5.74) is 4.43. The van der Waals surface area contributed by atoms with E-state index in [9.17, 15) is 19.5 Å². The Bertz CT molecular complexity index is 1310. The maximum Gasteiger partial charge on any atom is 0.307 e. The Morgan fingerprint density at radius 2 is 1.71 bits per heavy atom. The molecule has 3 aromatic rings. The number of amides is 2. The van der Waals surface area contributed by atoms with Crippen LogP contribution in [-0.2, 0) is 9.59 Å². The summed E-state index contributed by atoms with van der Waals surface area (Å²) in [5.74, 6) is -3.00. The Morgan fingerprint density at radius 3 is 2.38 bits per heavy atom. The van der Waals surface area contributed by atoms with Crippen molar-refractivity contribution in [1.82, 2.24) is 5.43 Å². The highest BCUT2D eigenvalue weighted by Gasteiger charge is 2.33. The van der Waals surface area contributed by atoms with Gasteiger partial charge in [0.1, 0.15) is 4.88 Å². The number of aliphatic carboxylic acids is 1. The molecule has 3 N–H and O–H groups in total. The number of hydrogen-bond acceptors (Lipinski definition) is 5. The molecular formula is C25H22ClN3O4S. The molecule has 0 fully saturated rings. The molecule has 2 aromatic carbocycles. The molecule has 0 saturated heterocycles. The van der Waals surface area contributed by atoms with Crippen LogP contribution in [0, 0.1) is 11.8 Å². The van der Waals surface area contributed by atoms with Crippen LogP contribution in [0.1, 0.15) is 35.0 Å². The Kier molecular flexibility index (Phi) is 7.09. The molecule has 0 bridgehead atoms. The molecule has 4 rings (SSSR count). The number of fused-ring (bicyclic) bond motifs is 1. The lowest BCUT2D eigenvalue weighted by molar-refractivity contribution is -0.146. The minimum atomic E-state index is -0.967. The minimum absolute atomic E-state index is 0.317. The van der Waals surface area contributed by atoms with Gasteiger partial charge in [0, 0.05) is 15.8 Å². The fourth-order valence-corrected chi connectivity index (χ4v) is 5.22. The SMILES string of the molecule is C/C(=N/NC(=O)c1sc2ccccc2c1Cl)c1ccc(NC(=O)C2CC=CCC2C(=O)O)cc1. The van der Waals surface area contributed by atoms with Crippen LogP contribution in [0.15, 0.2) is 65.8 Å². The van der Waals surface area contributed by atoms with Crippen molar-refractivity contribution in [1.29, 1.82) is 0 Å². The van der Waals surface area contributed by atoms with E-state index in [-0.39, 0.29) is 11.8 Å². The van der Waals surface area contributed by atoms with Crippen molar-refractivity contribution >= 4 is 62.2 Å². The third-order valence-electron chi connectivity index (χ3n) is 5.72. The fraction of sp³-hybridized carbons (Fsp3) is 0.200. The highest BCUT2D eigenvalue weighted by Crippen LogP contribution is 2.35. The third kappa shape index (κ3) is 5.03. The number of benzene rings is 2. The van der Waals surface area contributed by atoms with Crippen LogP contribution in [0.5, 0.6) is 0 Å². The van der Waals surface area contributed by atoms with E-state index in [0.717, 1.165) is 15.6 Å². The zero-order valence-electron chi connectivity index (χ0n) is 18.2. The van der Waals surface area contributed by atoms with Crippen LogP contribution in [-0.4, -0.2) is 28.6 Å². The van der Waals surface area contributed by atoms with Gasteiger partial charge in [0.2, 0.25) is 5.91 Å². The Labute approximate surface area is 205 Å². The van der Waals surface area contributed by atoms with Gasteiger partial charge in [-0.25, -0.2) is 5.43 Å². The molecule has 0 aliphatic heterocycles. The fourth-order valence-electron chi connectivity index (χ4n) is 3.82. The normalized spacial score (nSPS) is 18.0. The van der Waals surface area contributed by atoms with Crippen LogP contribution < -0.4 is 10.7 Å². The average Bonchev–Trinajstić information content (AvgIpc) is 3.19. The molecule has 7 nitrogen and oxygen atoms in total. The molecule has 0 saturated carbocycles. The largest absolute Gasteiger partial charge is 0.481 e. The van der Waals surface area contributed by atoms with Crippen LogP contribution in [0.25, 0.3) is 10.1 Å². The second-order valence-corrected chi connectivity index (χ2v) is 9.37. The summed E-state index contributed by atoms with van der Waals surface area (Å²) in [4.78, 5) is 37.0. The predicted octanol–water partition coefficient (Wildman–Crippen LogP) is 5.31. The maximum absolute atomic E-state index is 12.6. The number of nitrogens with one attached hydrogen (secondary N) is 2. The molecule has 34 heavy (non-hydrogen) atoms. The molecule has 2 amide bonds. The molecule has 1 aliphatic carbocycles. The van der Waals surface area contributed by atoms with Crippen molar-refractivity contribution < 1.29 is 19.5 Å². The summed E-state index contributed by atoms with van der Waals surface area (Å²) in [5, 5.41) is 17.6. The average molecular weight is 496 g/mol. The smallest absolute Gasteiger partial charge is 0.307 e. The van der Waals surface area contributed by atoms with Gasteiger partial charge in [-0.1, -0.05) is 54.1 Å². The van der Waals surface area contributed by atoms with Crippen molar-refractivity contribution in [2.45, 2.75) is 19.8 Å². The van der Waals surface area contributed by atoms with Gasteiger partial charge in [-0.05, 0) is 43.5 Å². The summed E-state index contributed by atoms with van der Waals surface area (Å²) in [7, 11) is 0. The Hall–Kier alpha value is -3.49. The standard InChI is InChI=1S/C25H22ClN3O4S/c1-14(28-29-24(31)22-21(26)19-8-4-5-9-20(19)34-22)15-10-12-16(13-11-15)27-23(30)17-6-2-3-7-18(17)25(32)33/h2-5,8-13,17-18H,6-7H2,1H3,(H,27,30)(H,29,31)(H,32,33)/b28-14-. The van der Waals surface area contributed by atoms with Crippen molar-refractivity contribution in [3.63, 3.8) is 0 Å². The highest BCUT2D eigenvalue weighted by molar-refractivity contribution is 7.21. The summed E-state index contributed by atoms with van der Waals surface area (Å²) >= 11 is 7.66. The van der Waals surface area contributed by atoms with Gasteiger partial charge < -0.3 is 10.4 Å². The van der Waals surface area contributed by atoms with E-state index in [0.29, 0.717) is 34.1 Å². The first-order valence-electron chi connectivity index (χ1n) is 10.7. The second-order valence-electron chi connectivity index (χ2n) is 7.94. The van der Waals surface area contributed by atoms with Gasteiger partial charge in [-0.3, -0.25) is 14.4 Å². The molecule has 174 valence electrons. The number of carboxylic acid groups (broad SMARTS) is 1. The lowest BCUT2D eigenvalue weighted by Gasteiger charge is -2.24. The number of carbonyl (C=O) groups is 3. The van der Waals surface area contributed by atoms with Crippen LogP contribution in [0.3, 0.4) is 0 Å². The van der Waals surface area contributed by atoms with Crippen molar-refractivity contribution in [2.75, 3.05) is 5.32 Å². The summed E-state index contributed by atoms with van der Waals surface area (Å²) < 4.78 is 0.926. The van der Waals surface area contributed by atoms with E-state index in [4.69, 9.17) is 11.6 Å². The number of halogens is 1. The van der Waals surface area contributed by atoms with Crippen LogP contribution >= 0.6 is 22.9 Å². The van der Waals surface area contributed by atoms with Gasteiger partial charge in [-0.2, -0.15) is 5.10 Å². The van der Waals surface area contributed by atoms with Crippen LogP contribution in [0.4, 0.5) is 5.69 Å². The van der Waals surface area contributed by atoms with Crippen molar-refractivity contribution in [3.05, 3.63) is 76.1 Å². The van der Waals surface area contributed by atoms with Crippen LogP contribution in [0.2, 0.25) is 5.02 Å². The number of hydrogen-bond donors (Lipinski definition) is 3. The summed E-state index contributed by atoms with van der Waals surface area (Å²) in [6, 6.07) is 14.5. The zero-order valence-corrected chi connectivity index (χ0v) is 19.8. The number of rotatable bonds is 6. The number of anilines is 1. The van der Waals surface area contributed by atoms with Crippen molar-refractivity contribution in [3.8, 4) is 0 Å². The molecule has 1 aromatic heterocycles. The zero-order chi connectivity index (χ0) is 24.2. The monoisotopic (exact) mass is 495 g/mol. The first-order valence-corrected chi connectivity index (χ1v) is 11.9. The number of carbonyl (C=O) groups excluding carboxylic acids is 2. The lowest BCUT2D eigenvalue weighted by atomic mass is 9.82. The van der Waals surface area contributed by atoms with E-state index >= 15 is 0 Å². The van der Waals surface area contributed by atoms with E-state index in [1.165, 1.54) is 11.3 Å². The van der Waals surface area contributed by atoms with E-state index in [1.807, 2.05) is 30.3 Å². The summed E-state index contributed by atoms with van der Waals surface area (Å²) in [6.07, 6.45) is 4.39. The molecule has 2 atom stereocenters. The minimum Gasteiger partial charge on any atom is -0.481 e. The first-order chi connectivity index (χ1) is 16.3. The Morgan fingerprint density at radius 1 is 1.03 bits per heavy atom. The number of carboxylic acids is 1. The van der Waals surface area contributed by atoms with Crippen molar-refractivity contribution in [2.24, 2.45) is 16.9 Å². The number of allylic oxidation sites excluding steroid dienone is 2. The third-order valence-corrected chi connectivity index (χ3v) is 7.40. The van der Waals surface area contributed by atoms with Gasteiger partial charge in [0.25, 0.3) is 5.91 Å². The first kappa shape index (κ1) is 23.7. The molecule has 9 heteroatoms. The maximum atomic E-state index is 12.6. The topological polar surface area (TPSA) is 108 Å². The molecule has 1 aliphatic rings. The van der Waals surface area contributed by atoms with Gasteiger partial charge in [-0.15, -0.1) is 11.3 Å². The molecule has 1 heterocycles. The van der Waals surface area contributed by atoms with Gasteiger partial charge in [0.15, 0.2) is 0 Å². The molecule has 2 unspecified atom stereocenters.